The fourth-order valence-electron chi connectivity index (χ4n) is 1.62. The number of rotatable bonds is 12. The lowest BCUT2D eigenvalue weighted by atomic mass is 10.6. The van der Waals surface area contributed by atoms with Gasteiger partial charge in [0.2, 0.25) is 0 Å². The topological polar surface area (TPSA) is 37.4 Å². The van der Waals surface area contributed by atoms with Crippen LogP contribution in [0.5, 0.6) is 0 Å². The van der Waals surface area contributed by atoms with E-state index in [1.165, 1.54) is 0 Å². The van der Waals surface area contributed by atoms with Gasteiger partial charge in [-0.3, -0.25) is 0 Å². The van der Waals surface area contributed by atoms with Gasteiger partial charge in [0, 0.05) is 39.3 Å². The quantitative estimate of drug-likeness (QED) is 0.310. The van der Waals surface area contributed by atoms with Crippen LogP contribution in [0.3, 0.4) is 0 Å². The van der Waals surface area contributed by atoms with Crippen LogP contribution >= 0.6 is 0 Å². The van der Waals surface area contributed by atoms with E-state index in [0.717, 1.165) is 39.3 Å². The highest BCUT2D eigenvalue weighted by molar-refractivity contribution is 6.12. The molecule has 0 aliphatic rings. The summed E-state index contributed by atoms with van der Waals surface area (Å²) in [5, 5.41) is 5.33. The van der Waals surface area contributed by atoms with Crippen LogP contribution < -0.4 is 0 Å². The Hall–Kier alpha value is -0.0231. The minimum Gasteiger partial charge on any atom is -0.240 e. The van der Waals surface area contributed by atoms with Crippen LogP contribution in [0.1, 0.15) is 41.5 Å². The molecule has 119 valence electrons. The predicted octanol–water partition coefficient (Wildman–Crippen LogP) is 1.59. The van der Waals surface area contributed by atoms with Gasteiger partial charge in [0.15, 0.2) is 10.2 Å². The molecule has 0 aromatic heterocycles. The largest absolute Gasteiger partial charge is 0.297 e. The maximum Gasteiger partial charge on any atom is 0.297 e. The minimum absolute atomic E-state index is 0.742. The van der Waals surface area contributed by atoms with E-state index in [9.17, 15) is 0 Å². The van der Waals surface area contributed by atoms with Crippen molar-refractivity contribution in [3.8, 4) is 0 Å². The van der Waals surface area contributed by atoms with Gasteiger partial charge in [0.1, 0.15) is 0 Å². The lowest BCUT2D eigenvalue weighted by molar-refractivity contribution is -0.497. The van der Waals surface area contributed by atoms with E-state index in [1.807, 2.05) is 41.5 Å². The number of hydroxylamine groups is 6. The molecule has 0 aliphatic carbocycles. The molecule has 0 aromatic rings. The summed E-state index contributed by atoms with van der Waals surface area (Å²) in [6.45, 7) is 16.6. The average Bonchev–Trinajstić information content (AvgIpc) is 2.48. The second-order valence-corrected chi connectivity index (χ2v) is 4.79. The van der Waals surface area contributed by atoms with Crippen molar-refractivity contribution in [1.29, 1.82) is 0 Å². The van der Waals surface area contributed by atoms with Crippen molar-refractivity contribution in [1.82, 2.24) is 15.2 Å². The van der Waals surface area contributed by atoms with Gasteiger partial charge in [-0.1, -0.05) is 41.5 Å². The Morgan fingerprint density at radius 2 is 0.800 bits per heavy atom. The number of nitrogens with zero attached hydrogens (tertiary/aromatic N) is 3. The van der Waals surface area contributed by atoms with Crippen LogP contribution in [0.25, 0.3) is 0 Å². The third kappa shape index (κ3) is 7.12. The summed E-state index contributed by atoms with van der Waals surface area (Å²) < 4.78 is 0. The summed E-state index contributed by atoms with van der Waals surface area (Å²) in [7, 11) is 3.50. The van der Waals surface area contributed by atoms with E-state index in [0.29, 0.717) is 0 Å². The highest BCUT2D eigenvalue weighted by Gasteiger charge is 2.35. The van der Waals surface area contributed by atoms with Crippen molar-refractivity contribution in [2.75, 3.05) is 39.3 Å². The molecule has 0 spiro atoms. The van der Waals surface area contributed by atoms with E-state index in [4.69, 9.17) is 14.5 Å². The maximum atomic E-state index is 5.82. The number of hydrogen-bond donors (Lipinski definition) is 0. The van der Waals surface area contributed by atoms with Crippen LogP contribution in [0.2, 0.25) is 0 Å². The molecule has 0 N–H and O–H groups in total. The SMILES string of the molecule is CCN(CC)OC([Si])(ON(CC)CC)ON(CC)CC. The molecule has 0 fully saturated rings. The van der Waals surface area contributed by atoms with E-state index >= 15 is 0 Å². The maximum absolute atomic E-state index is 5.82. The summed E-state index contributed by atoms with van der Waals surface area (Å²) >= 11 is 0. The van der Waals surface area contributed by atoms with Crippen LogP contribution in [-0.4, -0.2) is 70.3 Å². The van der Waals surface area contributed by atoms with Crippen LogP contribution in [0, 0.1) is 0 Å². The second kappa shape index (κ2) is 10.7. The van der Waals surface area contributed by atoms with Gasteiger partial charge < -0.3 is 0 Å². The van der Waals surface area contributed by atoms with Gasteiger partial charge >= 0.3 is 0 Å². The first-order chi connectivity index (χ1) is 9.48. The van der Waals surface area contributed by atoms with Crippen molar-refractivity contribution in [3.05, 3.63) is 0 Å². The summed E-state index contributed by atoms with van der Waals surface area (Å²) in [4.78, 5) is 17.5. The molecule has 0 aromatic carbocycles. The van der Waals surface area contributed by atoms with E-state index in [-0.39, 0.29) is 0 Å². The van der Waals surface area contributed by atoms with E-state index in [1.54, 1.807) is 15.2 Å². The van der Waals surface area contributed by atoms with Crippen molar-refractivity contribution in [2.45, 2.75) is 47.1 Å². The highest BCUT2D eigenvalue weighted by atomic mass is 28.1. The third-order valence-corrected chi connectivity index (χ3v) is 3.14. The zero-order valence-corrected chi connectivity index (χ0v) is 14.8. The molecule has 0 saturated carbocycles. The smallest absolute Gasteiger partial charge is 0.240 e. The fraction of sp³-hybridized carbons (Fsp3) is 1.00. The van der Waals surface area contributed by atoms with Crippen LogP contribution in [-0.2, 0) is 14.5 Å². The molecule has 0 saturated heterocycles. The molecular formula is C13H30N3O3Si. The number of hydrogen-bond acceptors (Lipinski definition) is 6. The van der Waals surface area contributed by atoms with Gasteiger partial charge in [-0.2, -0.15) is 15.2 Å². The second-order valence-electron chi connectivity index (χ2n) is 4.17. The Balaban J connectivity index is 4.89. The van der Waals surface area contributed by atoms with Crippen molar-refractivity contribution < 1.29 is 14.5 Å². The minimum atomic E-state index is -1.34. The molecule has 0 atom stereocenters. The first-order valence-corrected chi connectivity index (χ1v) is 8.05. The van der Waals surface area contributed by atoms with Gasteiger partial charge in [0.25, 0.3) is 5.60 Å². The summed E-state index contributed by atoms with van der Waals surface area (Å²) in [6.07, 6.45) is 0. The molecule has 0 heterocycles. The molecule has 20 heavy (non-hydrogen) atoms. The normalized spacial score (nSPS) is 12.9. The van der Waals surface area contributed by atoms with Gasteiger partial charge in [0.05, 0.1) is 0 Å². The molecule has 0 unspecified atom stereocenters. The molecule has 0 aliphatic heterocycles. The molecule has 0 bridgehead atoms. The van der Waals surface area contributed by atoms with Gasteiger partial charge in [-0.25, -0.2) is 14.5 Å². The molecule has 3 radical (unpaired) electrons. The molecule has 0 rings (SSSR count). The van der Waals surface area contributed by atoms with Crippen molar-refractivity contribution >= 4 is 10.2 Å². The molecule has 6 nitrogen and oxygen atoms in total. The molecule has 0 amide bonds. The van der Waals surface area contributed by atoms with E-state index in [2.05, 4.69) is 10.2 Å². The lowest BCUT2D eigenvalue weighted by Gasteiger charge is -2.39. The van der Waals surface area contributed by atoms with Crippen molar-refractivity contribution in [3.63, 3.8) is 0 Å². The predicted molar refractivity (Wildman–Crippen MR) is 80.5 cm³/mol. The lowest BCUT2D eigenvalue weighted by Crippen LogP contribution is -2.53. The monoisotopic (exact) mass is 304 g/mol. The zero-order valence-electron chi connectivity index (χ0n) is 13.8. The first kappa shape index (κ1) is 20.0. The van der Waals surface area contributed by atoms with Crippen LogP contribution in [0.15, 0.2) is 0 Å². The fourth-order valence-corrected chi connectivity index (χ4v) is 2.01. The van der Waals surface area contributed by atoms with Gasteiger partial charge in [-0.15, -0.1) is 0 Å². The summed E-state index contributed by atoms with van der Waals surface area (Å²) in [5.41, 5.74) is -1.34. The Bertz CT molecular complexity index is 199. The standard InChI is InChI=1S/C13H30N3O3Si/c1-7-14(8-2)17-13(20,18-15(9-3)10-4)19-16(11-5)12-6/h7-12H2,1-6H3. The van der Waals surface area contributed by atoms with Gasteiger partial charge in [-0.05, 0) is 0 Å². The Labute approximate surface area is 127 Å². The molecular weight excluding hydrogens is 274 g/mol. The summed E-state index contributed by atoms with van der Waals surface area (Å²) in [6, 6.07) is 0. The zero-order chi connectivity index (χ0) is 15.6. The van der Waals surface area contributed by atoms with Crippen molar-refractivity contribution in [2.24, 2.45) is 0 Å². The highest BCUT2D eigenvalue weighted by Crippen LogP contribution is 2.17. The average molecular weight is 304 g/mol. The third-order valence-electron chi connectivity index (χ3n) is 2.86. The Morgan fingerprint density at radius 3 is 0.950 bits per heavy atom. The first-order valence-electron chi connectivity index (χ1n) is 7.55. The van der Waals surface area contributed by atoms with E-state index < -0.39 is 5.60 Å². The molecule has 7 heteroatoms. The van der Waals surface area contributed by atoms with Crippen LogP contribution in [0.4, 0.5) is 0 Å². The summed E-state index contributed by atoms with van der Waals surface area (Å²) in [5.74, 6) is 0. The Morgan fingerprint density at radius 1 is 0.600 bits per heavy atom. The Kier molecular flexibility index (Phi) is 10.7.